The van der Waals surface area contributed by atoms with E-state index in [0.717, 1.165) is 31.9 Å². The summed E-state index contributed by atoms with van der Waals surface area (Å²) >= 11 is 0. The first-order chi connectivity index (χ1) is 9.39. The van der Waals surface area contributed by atoms with Crippen LogP contribution >= 0.6 is 0 Å². The summed E-state index contributed by atoms with van der Waals surface area (Å²) in [7, 11) is -3.43. The molecule has 0 aromatic rings. The highest BCUT2D eigenvalue weighted by Gasteiger charge is 2.34. The minimum absolute atomic E-state index is 0.749. The number of rotatable bonds is 9. The van der Waals surface area contributed by atoms with Crippen molar-refractivity contribution in [3.63, 3.8) is 0 Å². The van der Waals surface area contributed by atoms with E-state index >= 15 is 0 Å². The van der Waals surface area contributed by atoms with E-state index in [1.807, 2.05) is 27.4 Å². The fourth-order valence-electron chi connectivity index (χ4n) is 1.79. The van der Waals surface area contributed by atoms with Crippen LogP contribution in [-0.4, -0.2) is 50.3 Å². The molecule has 0 rings (SSSR count). The Morgan fingerprint density at radius 2 is 1.05 bits per heavy atom. The Labute approximate surface area is 126 Å². The van der Waals surface area contributed by atoms with E-state index in [1.165, 1.54) is 0 Å². The van der Waals surface area contributed by atoms with Crippen molar-refractivity contribution in [2.24, 2.45) is 0 Å². The molecule has 0 aliphatic carbocycles. The maximum atomic E-state index is 8.00. The molecule has 0 bridgehead atoms. The molecule has 0 aromatic carbocycles. The second-order valence-corrected chi connectivity index (χ2v) is 12.3. The molecule has 122 valence electrons. The van der Waals surface area contributed by atoms with Gasteiger partial charge in [0.1, 0.15) is 13.6 Å². The minimum Gasteiger partial charge on any atom is -0.418 e. The molecule has 0 saturated heterocycles. The molecule has 0 amide bonds. The summed E-state index contributed by atoms with van der Waals surface area (Å²) in [5, 5.41) is 0. The molecule has 0 spiro atoms. The normalized spacial score (nSPS) is 10.9. The van der Waals surface area contributed by atoms with Gasteiger partial charge in [0.25, 0.3) is 0 Å². The van der Waals surface area contributed by atoms with Crippen molar-refractivity contribution >= 4 is 30.5 Å². The minimum atomic E-state index is -1.93. The average molecular weight is 325 g/mol. The Kier molecular flexibility index (Phi) is 18.6. The lowest BCUT2D eigenvalue weighted by Crippen LogP contribution is -2.42. The first-order valence-electron chi connectivity index (χ1n) is 6.88. The SMILES string of the molecule is C=O.C=O.CCO[Si](C)(C)CC[Si](C)(OCC)OCC. The second-order valence-electron chi connectivity index (χ2n) is 4.69. The Morgan fingerprint density at radius 3 is 1.35 bits per heavy atom. The van der Waals surface area contributed by atoms with Gasteiger partial charge in [-0.2, -0.15) is 0 Å². The summed E-state index contributed by atoms with van der Waals surface area (Å²) in [5.74, 6) is 0. The standard InChI is InChI=1S/C11H28O3Si2.2CH2O/c1-7-12-15(4,5)10-11-16(6,13-8-2)14-9-3;2*1-2/h7-11H2,1-6H3;2*1H2. The van der Waals surface area contributed by atoms with Gasteiger partial charge < -0.3 is 22.9 Å². The predicted molar refractivity (Wildman–Crippen MR) is 87.8 cm³/mol. The van der Waals surface area contributed by atoms with Crippen molar-refractivity contribution in [2.45, 2.75) is 52.5 Å². The summed E-state index contributed by atoms with van der Waals surface area (Å²) in [6.07, 6.45) is 0. The topological polar surface area (TPSA) is 61.8 Å². The highest BCUT2D eigenvalue weighted by molar-refractivity contribution is 6.74. The van der Waals surface area contributed by atoms with Crippen LogP contribution in [0.3, 0.4) is 0 Å². The lowest BCUT2D eigenvalue weighted by Gasteiger charge is -2.29. The largest absolute Gasteiger partial charge is 0.418 e. The lowest BCUT2D eigenvalue weighted by atomic mass is 10.9. The van der Waals surface area contributed by atoms with Crippen molar-refractivity contribution in [3.8, 4) is 0 Å². The van der Waals surface area contributed by atoms with Gasteiger partial charge in [-0.05, 0) is 52.5 Å². The molecule has 0 unspecified atom stereocenters. The molecular weight excluding hydrogens is 292 g/mol. The van der Waals surface area contributed by atoms with E-state index in [4.69, 9.17) is 22.9 Å². The molecule has 0 atom stereocenters. The summed E-state index contributed by atoms with van der Waals surface area (Å²) in [5.41, 5.74) is 0. The number of hydrogen-bond donors (Lipinski definition) is 0. The third-order valence-corrected chi connectivity index (χ3v) is 8.60. The van der Waals surface area contributed by atoms with Gasteiger partial charge in [0.15, 0.2) is 8.32 Å². The van der Waals surface area contributed by atoms with Crippen LogP contribution in [0.15, 0.2) is 0 Å². The van der Waals surface area contributed by atoms with Gasteiger partial charge in [0.2, 0.25) is 0 Å². The summed E-state index contributed by atoms with van der Waals surface area (Å²) < 4.78 is 17.5. The third-order valence-electron chi connectivity index (χ3n) is 2.62. The van der Waals surface area contributed by atoms with E-state index in [0.29, 0.717) is 0 Å². The van der Waals surface area contributed by atoms with Crippen LogP contribution in [0.4, 0.5) is 0 Å². The second kappa shape index (κ2) is 15.1. The van der Waals surface area contributed by atoms with Crippen LogP contribution in [-0.2, 0) is 22.9 Å². The zero-order valence-electron chi connectivity index (χ0n) is 14.0. The van der Waals surface area contributed by atoms with Crippen molar-refractivity contribution in [1.82, 2.24) is 0 Å². The fraction of sp³-hybridized carbons (Fsp3) is 0.846. The van der Waals surface area contributed by atoms with Crippen LogP contribution in [0.5, 0.6) is 0 Å². The number of hydrogen-bond acceptors (Lipinski definition) is 5. The summed E-state index contributed by atoms with van der Waals surface area (Å²) in [4.78, 5) is 16.0. The molecule has 0 aromatic heterocycles. The lowest BCUT2D eigenvalue weighted by molar-refractivity contribution is -0.0987. The van der Waals surface area contributed by atoms with Crippen molar-refractivity contribution in [3.05, 3.63) is 0 Å². The van der Waals surface area contributed by atoms with E-state index in [2.05, 4.69) is 26.6 Å². The molecule has 0 N–H and O–H groups in total. The Hall–Kier alpha value is -0.346. The predicted octanol–water partition coefficient (Wildman–Crippen LogP) is 3.00. The van der Waals surface area contributed by atoms with Gasteiger partial charge in [-0.25, -0.2) is 0 Å². The van der Waals surface area contributed by atoms with Crippen LogP contribution < -0.4 is 0 Å². The molecule has 0 fully saturated rings. The maximum Gasteiger partial charge on any atom is 0.334 e. The molecule has 0 aliphatic heterocycles. The molecule has 20 heavy (non-hydrogen) atoms. The van der Waals surface area contributed by atoms with Gasteiger partial charge in [-0.3, -0.25) is 0 Å². The quantitative estimate of drug-likeness (QED) is 0.610. The van der Waals surface area contributed by atoms with Crippen molar-refractivity contribution < 1.29 is 22.9 Å². The van der Waals surface area contributed by atoms with Crippen molar-refractivity contribution in [1.29, 1.82) is 0 Å². The van der Waals surface area contributed by atoms with Gasteiger partial charge in [-0.15, -0.1) is 0 Å². The fourth-order valence-corrected chi connectivity index (χ4v) is 8.53. The summed E-state index contributed by atoms with van der Waals surface area (Å²) in [6.45, 7) is 19.2. The number of carbonyl (C=O) groups excluding carboxylic acids is 2. The van der Waals surface area contributed by atoms with Crippen LogP contribution in [0, 0.1) is 0 Å². The zero-order chi connectivity index (χ0) is 16.7. The van der Waals surface area contributed by atoms with Gasteiger partial charge >= 0.3 is 8.56 Å². The van der Waals surface area contributed by atoms with E-state index in [-0.39, 0.29) is 0 Å². The van der Waals surface area contributed by atoms with Gasteiger partial charge in [0.05, 0.1) is 0 Å². The highest BCUT2D eigenvalue weighted by Crippen LogP contribution is 2.23. The Balaban J connectivity index is -0.000000656. The Bertz CT molecular complexity index is 207. The molecular formula is C13H32O5Si2. The molecule has 7 heteroatoms. The molecule has 0 heterocycles. The Morgan fingerprint density at radius 1 is 0.700 bits per heavy atom. The van der Waals surface area contributed by atoms with Crippen LogP contribution in [0.25, 0.3) is 0 Å². The molecule has 0 saturated carbocycles. The number of carbonyl (C=O) groups is 2. The van der Waals surface area contributed by atoms with Crippen molar-refractivity contribution in [2.75, 3.05) is 19.8 Å². The smallest absolute Gasteiger partial charge is 0.334 e. The molecule has 0 radical (unpaired) electrons. The van der Waals surface area contributed by atoms with E-state index in [1.54, 1.807) is 0 Å². The van der Waals surface area contributed by atoms with Crippen LogP contribution in [0.1, 0.15) is 20.8 Å². The third kappa shape index (κ3) is 14.1. The first-order valence-corrected chi connectivity index (χ1v) is 12.5. The molecule has 0 aliphatic rings. The van der Waals surface area contributed by atoms with E-state index < -0.39 is 16.9 Å². The first kappa shape index (κ1) is 24.7. The van der Waals surface area contributed by atoms with Gasteiger partial charge in [-0.1, -0.05) is 0 Å². The monoisotopic (exact) mass is 324 g/mol. The van der Waals surface area contributed by atoms with E-state index in [9.17, 15) is 0 Å². The zero-order valence-corrected chi connectivity index (χ0v) is 16.0. The highest BCUT2D eigenvalue weighted by atomic mass is 28.4. The maximum absolute atomic E-state index is 8.00. The average Bonchev–Trinajstić information content (AvgIpc) is 2.42. The molecule has 5 nitrogen and oxygen atoms in total. The summed E-state index contributed by atoms with van der Waals surface area (Å²) in [6, 6.07) is 2.18. The van der Waals surface area contributed by atoms with Gasteiger partial charge in [0, 0.05) is 19.8 Å². The van der Waals surface area contributed by atoms with Crippen LogP contribution in [0.2, 0.25) is 31.7 Å².